The van der Waals surface area contributed by atoms with Crippen molar-refractivity contribution in [3.63, 3.8) is 0 Å². The van der Waals surface area contributed by atoms with E-state index in [1.54, 1.807) is 6.07 Å². The molecular weight excluding hydrogens is 211 g/mol. The average molecular weight is 228 g/mol. The van der Waals surface area contributed by atoms with E-state index in [4.69, 9.17) is 4.74 Å². The number of aromatic hydroxyl groups is 1. The van der Waals surface area contributed by atoms with E-state index >= 15 is 0 Å². The topological polar surface area (TPSA) is 49.7 Å². The van der Waals surface area contributed by atoms with Gasteiger partial charge in [-0.15, -0.1) is 0 Å². The zero-order valence-corrected chi connectivity index (χ0v) is 9.48. The number of aliphatic hydroxyl groups is 1. The number of halogens is 1. The predicted octanol–water partition coefficient (Wildman–Crippen LogP) is 2.43. The molecule has 1 aromatic carbocycles. The van der Waals surface area contributed by atoms with Crippen LogP contribution in [-0.4, -0.2) is 23.5 Å². The van der Waals surface area contributed by atoms with Crippen LogP contribution in [0.4, 0.5) is 4.39 Å². The lowest BCUT2D eigenvalue weighted by Gasteiger charge is -2.16. The highest BCUT2D eigenvalue weighted by atomic mass is 19.1. The third-order valence-electron chi connectivity index (χ3n) is 2.29. The number of rotatable bonds is 5. The second kappa shape index (κ2) is 5.70. The molecule has 0 aliphatic heterocycles. The molecule has 0 aliphatic carbocycles. The van der Waals surface area contributed by atoms with Crippen molar-refractivity contribution in [3.05, 3.63) is 23.8 Å². The molecule has 90 valence electrons. The number of hydrogen-bond acceptors (Lipinski definition) is 3. The Kier molecular flexibility index (Phi) is 4.55. The highest BCUT2D eigenvalue weighted by molar-refractivity contribution is 5.42. The van der Waals surface area contributed by atoms with Gasteiger partial charge in [-0.1, -0.05) is 19.9 Å². The number of aliphatic hydroxyl groups excluding tert-OH is 1. The Morgan fingerprint density at radius 1 is 1.38 bits per heavy atom. The van der Waals surface area contributed by atoms with Gasteiger partial charge in [0.2, 0.25) is 0 Å². The molecule has 0 unspecified atom stereocenters. The Labute approximate surface area is 94.5 Å². The number of phenols is 1. The first-order valence-corrected chi connectivity index (χ1v) is 5.26. The van der Waals surface area contributed by atoms with Crippen LogP contribution in [-0.2, 0) is 0 Å². The van der Waals surface area contributed by atoms with Gasteiger partial charge in [-0.25, -0.2) is 4.39 Å². The molecule has 1 rings (SSSR count). The van der Waals surface area contributed by atoms with Crippen molar-refractivity contribution in [2.24, 2.45) is 5.92 Å². The molecule has 0 amide bonds. The van der Waals surface area contributed by atoms with E-state index < -0.39 is 12.8 Å². The van der Waals surface area contributed by atoms with Crippen molar-refractivity contribution in [2.75, 3.05) is 13.3 Å². The smallest absolute Gasteiger partial charge is 0.161 e. The third kappa shape index (κ3) is 3.10. The molecule has 2 N–H and O–H groups in total. The normalized spacial score (nSPS) is 12.8. The van der Waals surface area contributed by atoms with Crippen molar-refractivity contribution >= 4 is 0 Å². The van der Waals surface area contributed by atoms with Crippen LogP contribution in [0.3, 0.4) is 0 Å². The molecule has 3 nitrogen and oxygen atoms in total. The summed E-state index contributed by atoms with van der Waals surface area (Å²) in [6.45, 7) is 3.08. The molecule has 0 radical (unpaired) electrons. The van der Waals surface area contributed by atoms with E-state index in [1.165, 1.54) is 12.1 Å². The lowest BCUT2D eigenvalue weighted by atomic mass is 9.99. The standard InChI is InChI=1S/C12H17FO3/c1-8(2)12(15)9-3-4-11(10(14)7-9)16-6-5-13/h3-4,7-8,12,14-15H,5-6H2,1-2H3/t12-/m0/s1. The Bertz CT molecular complexity index is 339. The lowest BCUT2D eigenvalue weighted by Crippen LogP contribution is -2.05. The highest BCUT2D eigenvalue weighted by Gasteiger charge is 2.14. The van der Waals surface area contributed by atoms with E-state index in [-0.39, 0.29) is 24.0 Å². The monoisotopic (exact) mass is 228 g/mol. The first kappa shape index (κ1) is 12.8. The van der Waals surface area contributed by atoms with Gasteiger partial charge in [-0.05, 0) is 23.6 Å². The van der Waals surface area contributed by atoms with Gasteiger partial charge >= 0.3 is 0 Å². The summed E-state index contributed by atoms with van der Waals surface area (Å²) in [6, 6.07) is 4.64. The first-order valence-electron chi connectivity index (χ1n) is 5.26. The summed E-state index contributed by atoms with van der Waals surface area (Å²) in [7, 11) is 0. The van der Waals surface area contributed by atoms with Crippen LogP contribution in [0, 0.1) is 5.92 Å². The number of hydrogen-bond donors (Lipinski definition) is 2. The number of benzene rings is 1. The molecule has 0 fully saturated rings. The van der Waals surface area contributed by atoms with Crippen molar-refractivity contribution in [2.45, 2.75) is 20.0 Å². The molecule has 0 spiro atoms. The summed E-state index contributed by atoms with van der Waals surface area (Å²) in [4.78, 5) is 0. The van der Waals surface area contributed by atoms with Gasteiger partial charge in [0, 0.05) is 0 Å². The van der Waals surface area contributed by atoms with Crippen LogP contribution < -0.4 is 4.74 Å². The number of ether oxygens (including phenoxy) is 1. The van der Waals surface area contributed by atoms with Crippen molar-refractivity contribution in [1.29, 1.82) is 0 Å². The molecule has 0 heterocycles. The Balaban J connectivity index is 2.82. The van der Waals surface area contributed by atoms with Gasteiger partial charge in [0.05, 0.1) is 6.10 Å². The first-order chi connectivity index (χ1) is 7.56. The summed E-state index contributed by atoms with van der Waals surface area (Å²) >= 11 is 0. The molecule has 0 aromatic heterocycles. The van der Waals surface area contributed by atoms with Crippen LogP contribution in [0.15, 0.2) is 18.2 Å². The van der Waals surface area contributed by atoms with E-state index in [1.807, 2.05) is 13.8 Å². The SMILES string of the molecule is CC(C)[C@H](O)c1ccc(OCCF)c(O)c1. The largest absolute Gasteiger partial charge is 0.504 e. The maximum absolute atomic E-state index is 11.9. The van der Waals surface area contributed by atoms with E-state index in [0.717, 1.165) is 0 Å². The fraction of sp³-hybridized carbons (Fsp3) is 0.500. The van der Waals surface area contributed by atoms with Crippen LogP contribution in [0.5, 0.6) is 11.5 Å². The molecule has 1 atom stereocenters. The molecule has 0 aliphatic rings. The zero-order valence-electron chi connectivity index (χ0n) is 9.48. The summed E-state index contributed by atoms with van der Waals surface area (Å²) in [5, 5.41) is 19.4. The summed E-state index contributed by atoms with van der Waals surface area (Å²) in [5.41, 5.74) is 0.625. The number of alkyl halides is 1. The van der Waals surface area contributed by atoms with Crippen LogP contribution in [0.1, 0.15) is 25.5 Å². The minimum absolute atomic E-state index is 0.0667. The summed E-state index contributed by atoms with van der Waals surface area (Å²) in [5.74, 6) is 0.222. The minimum atomic E-state index is -0.624. The fourth-order valence-corrected chi connectivity index (χ4v) is 1.37. The minimum Gasteiger partial charge on any atom is -0.504 e. The Morgan fingerprint density at radius 2 is 2.06 bits per heavy atom. The molecule has 4 heteroatoms. The molecular formula is C12H17FO3. The van der Waals surface area contributed by atoms with Crippen molar-refractivity contribution in [3.8, 4) is 11.5 Å². The van der Waals surface area contributed by atoms with Crippen molar-refractivity contribution in [1.82, 2.24) is 0 Å². The highest BCUT2D eigenvalue weighted by Crippen LogP contribution is 2.31. The van der Waals surface area contributed by atoms with Crippen molar-refractivity contribution < 1.29 is 19.3 Å². The fourth-order valence-electron chi connectivity index (χ4n) is 1.37. The van der Waals surface area contributed by atoms with Gasteiger partial charge in [-0.3, -0.25) is 0 Å². The zero-order chi connectivity index (χ0) is 12.1. The van der Waals surface area contributed by atoms with E-state index in [9.17, 15) is 14.6 Å². The second-order valence-corrected chi connectivity index (χ2v) is 3.95. The van der Waals surface area contributed by atoms with Gasteiger partial charge in [0.15, 0.2) is 11.5 Å². The van der Waals surface area contributed by atoms with Gasteiger partial charge in [0.25, 0.3) is 0 Å². The maximum atomic E-state index is 11.9. The molecule has 0 saturated heterocycles. The summed E-state index contributed by atoms with van der Waals surface area (Å²) in [6.07, 6.45) is -0.624. The maximum Gasteiger partial charge on any atom is 0.161 e. The Hall–Kier alpha value is -1.29. The predicted molar refractivity (Wildman–Crippen MR) is 59.4 cm³/mol. The van der Waals surface area contributed by atoms with Gasteiger partial charge < -0.3 is 14.9 Å². The number of phenolic OH excluding ortho intramolecular Hbond substituents is 1. The van der Waals surface area contributed by atoms with Crippen LogP contribution >= 0.6 is 0 Å². The van der Waals surface area contributed by atoms with Crippen LogP contribution in [0.2, 0.25) is 0 Å². The van der Waals surface area contributed by atoms with Crippen LogP contribution in [0.25, 0.3) is 0 Å². The quantitative estimate of drug-likeness (QED) is 0.813. The molecule has 1 aromatic rings. The van der Waals surface area contributed by atoms with Gasteiger partial charge in [0.1, 0.15) is 13.3 Å². The average Bonchev–Trinajstić information content (AvgIpc) is 2.26. The molecule has 16 heavy (non-hydrogen) atoms. The Morgan fingerprint density at radius 3 is 2.56 bits per heavy atom. The summed E-state index contributed by atoms with van der Waals surface area (Å²) < 4.78 is 16.9. The van der Waals surface area contributed by atoms with Gasteiger partial charge in [-0.2, -0.15) is 0 Å². The lowest BCUT2D eigenvalue weighted by molar-refractivity contribution is 0.126. The molecule has 0 saturated carbocycles. The third-order valence-corrected chi connectivity index (χ3v) is 2.29. The van der Waals surface area contributed by atoms with E-state index in [0.29, 0.717) is 5.56 Å². The second-order valence-electron chi connectivity index (χ2n) is 3.95. The van der Waals surface area contributed by atoms with E-state index in [2.05, 4.69) is 0 Å². The molecule has 0 bridgehead atoms.